The molecule has 4 heteroatoms. The lowest BCUT2D eigenvalue weighted by molar-refractivity contribution is -0.00367. The minimum Gasteiger partial charge on any atom is -0.233 e. The Morgan fingerprint density at radius 3 is 2.25 bits per heavy atom. The van der Waals surface area contributed by atoms with Gasteiger partial charge in [-0.05, 0) is 12.5 Å². The number of alkyl halides is 3. The first kappa shape index (κ1) is 11.7. The molecule has 0 amide bonds. The minimum atomic E-state index is -2.95. The predicted molar refractivity (Wildman–Crippen MR) is 46.9 cm³/mol. The number of halogens is 3. The van der Waals surface area contributed by atoms with E-state index in [2.05, 4.69) is 6.58 Å². The number of allylic oxidation sites excluding steroid dienone is 1. The Bertz CT molecular complexity index is 147. The Morgan fingerprint density at radius 1 is 1.50 bits per heavy atom. The molecular formula is C8H14F3Si. The van der Waals surface area contributed by atoms with Gasteiger partial charge in [0.2, 0.25) is 0 Å². The third kappa shape index (κ3) is 3.43. The molecule has 0 N–H and O–H groups in total. The van der Waals surface area contributed by atoms with Crippen LogP contribution in [0.3, 0.4) is 0 Å². The molecule has 0 spiro atoms. The van der Waals surface area contributed by atoms with E-state index in [-0.39, 0.29) is 6.42 Å². The summed E-state index contributed by atoms with van der Waals surface area (Å²) in [5.41, 5.74) is -2.47. The highest BCUT2D eigenvalue weighted by Crippen LogP contribution is 2.28. The van der Waals surface area contributed by atoms with Crippen molar-refractivity contribution in [1.29, 1.82) is 0 Å². The van der Waals surface area contributed by atoms with Crippen LogP contribution in [-0.4, -0.2) is 20.9 Å². The fraction of sp³-hybridized carbons (Fsp3) is 0.750. The van der Waals surface area contributed by atoms with Crippen molar-refractivity contribution in [1.82, 2.24) is 0 Å². The quantitative estimate of drug-likeness (QED) is 0.466. The molecule has 0 saturated heterocycles. The third-order valence-electron chi connectivity index (χ3n) is 1.71. The van der Waals surface area contributed by atoms with E-state index in [0.717, 1.165) is 6.08 Å². The second kappa shape index (κ2) is 4.69. The first-order chi connectivity index (χ1) is 5.42. The van der Waals surface area contributed by atoms with Crippen LogP contribution in [0.4, 0.5) is 13.2 Å². The molecule has 0 saturated carbocycles. The van der Waals surface area contributed by atoms with Crippen molar-refractivity contribution >= 4 is 8.80 Å². The maximum Gasteiger partial charge on any atom is 0.275 e. The highest BCUT2D eigenvalue weighted by atomic mass is 28.3. The normalized spacial score (nSPS) is 16.6. The van der Waals surface area contributed by atoms with Crippen LogP contribution in [0, 0.1) is 0 Å². The van der Waals surface area contributed by atoms with Crippen LogP contribution in [0.1, 0.15) is 6.42 Å². The van der Waals surface area contributed by atoms with Gasteiger partial charge in [0.15, 0.2) is 5.67 Å². The van der Waals surface area contributed by atoms with Crippen molar-refractivity contribution in [3.8, 4) is 0 Å². The van der Waals surface area contributed by atoms with Crippen molar-refractivity contribution in [2.24, 2.45) is 0 Å². The summed E-state index contributed by atoms with van der Waals surface area (Å²) >= 11 is 0. The molecule has 0 aliphatic carbocycles. The average Bonchev–Trinajstić information content (AvgIpc) is 1.99. The minimum absolute atomic E-state index is 0.102. The van der Waals surface area contributed by atoms with Crippen LogP contribution in [0.5, 0.6) is 0 Å². The van der Waals surface area contributed by atoms with Gasteiger partial charge < -0.3 is 0 Å². The third-order valence-corrected chi connectivity index (χ3v) is 2.96. The lowest BCUT2D eigenvalue weighted by Gasteiger charge is -2.20. The van der Waals surface area contributed by atoms with Crippen molar-refractivity contribution in [2.45, 2.75) is 37.7 Å². The van der Waals surface area contributed by atoms with Crippen molar-refractivity contribution < 1.29 is 13.2 Å². The van der Waals surface area contributed by atoms with E-state index >= 15 is 0 Å². The van der Waals surface area contributed by atoms with Crippen LogP contribution in [-0.2, 0) is 0 Å². The number of hydrogen-bond acceptors (Lipinski definition) is 0. The summed E-state index contributed by atoms with van der Waals surface area (Å²) in [6.07, 6.45) is -2.32. The molecule has 71 valence electrons. The first-order valence-corrected chi connectivity index (χ1v) is 6.53. The van der Waals surface area contributed by atoms with Gasteiger partial charge in [-0.15, -0.1) is 0 Å². The summed E-state index contributed by atoms with van der Waals surface area (Å²) < 4.78 is 37.4. The van der Waals surface area contributed by atoms with Gasteiger partial charge in [0.05, 0.1) is 0 Å². The molecule has 0 aliphatic rings. The van der Waals surface area contributed by atoms with Crippen LogP contribution >= 0.6 is 0 Å². The molecule has 0 fully saturated rings. The van der Waals surface area contributed by atoms with Crippen molar-refractivity contribution in [3.05, 3.63) is 12.7 Å². The largest absolute Gasteiger partial charge is 0.275 e. The number of rotatable bonds is 5. The molecular weight excluding hydrogens is 181 g/mol. The Hall–Kier alpha value is -0.253. The van der Waals surface area contributed by atoms with Gasteiger partial charge in [-0.1, -0.05) is 25.7 Å². The van der Waals surface area contributed by atoms with E-state index in [9.17, 15) is 13.2 Å². The molecule has 1 radical (unpaired) electrons. The molecule has 12 heavy (non-hydrogen) atoms. The maximum atomic E-state index is 13.2. The van der Waals surface area contributed by atoms with E-state index < -0.39 is 20.9 Å². The monoisotopic (exact) mass is 195 g/mol. The molecule has 0 bridgehead atoms. The van der Waals surface area contributed by atoms with Gasteiger partial charge >= 0.3 is 0 Å². The lowest BCUT2D eigenvalue weighted by atomic mass is 10.0. The van der Waals surface area contributed by atoms with Gasteiger partial charge in [-0.3, -0.25) is 0 Å². The highest BCUT2D eigenvalue weighted by molar-refractivity contribution is 6.55. The summed E-state index contributed by atoms with van der Waals surface area (Å²) in [6.45, 7) is 7.03. The summed E-state index contributed by atoms with van der Waals surface area (Å²) in [5, 5.41) is 0. The van der Waals surface area contributed by atoms with E-state index in [1.54, 1.807) is 0 Å². The molecule has 0 aliphatic heterocycles. The van der Waals surface area contributed by atoms with Gasteiger partial charge in [-0.2, -0.15) is 0 Å². The molecule has 0 heterocycles. The van der Waals surface area contributed by atoms with E-state index in [1.165, 1.54) is 0 Å². The summed E-state index contributed by atoms with van der Waals surface area (Å²) in [6, 6.07) is 0.553. The summed E-state index contributed by atoms with van der Waals surface area (Å²) in [7, 11) is -0.632. The maximum absolute atomic E-state index is 13.2. The second-order valence-corrected chi connectivity index (χ2v) is 6.05. The van der Waals surface area contributed by atoms with Crippen LogP contribution < -0.4 is 0 Å². The Balaban J connectivity index is 4.06. The zero-order valence-corrected chi connectivity index (χ0v) is 8.41. The Labute approximate surface area is 73.1 Å². The SMILES string of the molecule is C=CC(F)(CC[Si](C)C)C(F)F. The molecule has 0 aromatic carbocycles. The Kier molecular flexibility index (Phi) is 4.60. The fourth-order valence-electron chi connectivity index (χ4n) is 0.742. The molecule has 1 unspecified atom stereocenters. The highest BCUT2D eigenvalue weighted by Gasteiger charge is 2.36. The second-order valence-electron chi connectivity index (χ2n) is 3.14. The topological polar surface area (TPSA) is 0 Å². The van der Waals surface area contributed by atoms with Gasteiger partial charge in [-0.25, -0.2) is 13.2 Å². The van der Waals surface area contributed by atoms with Crippen LogP contribution in [0.25, 0.3) is 0 Å². The van der Waals surface area contributed by atoms with E-state index in [1.807, 2.05) is 13.1 Å². The standard InChI is InChI=1S/C8H14F3Si/c1-4-8(11,7(9)10)5-6-12(2)3/h4,7H,1,5-6H2,2-3H3. The molecule has 1 atom stereocenters. The zero-order chi connectivity index (χ0) is 9.78. The van der Waals surface area contributed by atoms with E-state index in [0.29, 0.717) is 6.04 Å². The zero-order valence-electron chi connectivity index (χ0n) is 7.41. The number of hydrogen-bond donors (Lipinski definition) is 0. The van der Waals surface area contributed by atoms with Gasteiger partial charge in [0.25, 0.3) is 6.43 Å². The van der Waals surface area contributed by atoms with E-state index in [4.69, 9.17) is 0 Å². The first-order valence-electron chi connectivity index (χ1n) is 3.82. The summed E-state index contributed by atoms with van der Waals surface area (Å²) in [4.78, 5) is 0. The average molecular weight is 195 g/mol. The predicted octanol–water partition coefficient (Wildman–Crippen LogP) is 3.29. The molecule has 0 aromatic heterocycles. The fourth-order valence-corrected chi connectivity index (χ4v) is 1.63. The van der Waals surface area contributed by atoms with Crippen molar-refractivity contribution in [2.75, 3.05) is 0 Å². The molecule has 0 nitrogen and oxygen atoms in total. The lowest BCUT2D eigenvalue weighted by Crippen LogP contribution is -2.30. The molecule has 0 rings (SSSR count). The smallest absolute Gasteiger partial charge is 0.233 e. The van der Waals surface area contributed by atoms with Crippen LogP contribution in [0.15, 0.2) is 12.7 Å². The van der Waals surface area contributed by atoms with Gasteiger partial charge in [0, 0.05) is 8.80 Å². The van der Waals surface area contributed by atoms with Crippen LogP contribution in [0.2, 0.25) is 19.1 Å². The van der Waals surface area contributed by atoms with Crippen molar-refractivity contribution in [3.63, 3.8) is 0 Å². The Morgan fingerprint density at radius 2 is 2.00 bits per heavy atom. The molecule has 0 aromatic rings. The summed E-state index contributed by atoms with van der Waals surface area (Å²) in [5.74, 6) is 0. The van der Waals surface area contributed by atoms with Gasteiger partial charge in [0.1, 0.15) is 0 Å².